The number of rotatable bonds is 4. The van der Waals surface area contributed by atoms with Crippen LogP contribution in [-0.2, 0) is 9.09 Å². The summed E-state index contributed by atoms with van der Waals surface area (Å²) in [5.41, 5.74) is 0. The van der Waals surface area contributed by atoms with E-state index in [9.17, 15) is 4.57 Å². The SMILES string of the molecule is CC(C)CCOP(=O)(O)O.[H-].[K+]. The Balaban J connectivity index is -0.000000405. The molecule has 0 fully saturated rings. The fraction of sp³-hybridized carbons (Fsp3) is 1.00. The standard InChI is InChI=1S/C5H13O4P.K.H/c1-5(2)3-4-9-10(6,7)8;;/h5H,3-4H2,1-2H3,(H2,6,7,8);;/q;+1;-1. The Morgan fingerprint density at radius 1 is 1.55 bits per heavy atom. The van der Waals surface area contributed by atoms with Gasteiger partial charge < -0.3 is 11.2 Å². The van der Waals surface area contributed by atoms with Crippen molar-refractivity contribution >= 4 is 7.82 Å². The second kappa shape index (κ2) is 7.18. The Morgan fingerprint density at radius 2 is 2.00 bits per heavy atom. The van der Waals surface area contributed by atoms with E-state index >= 15 is 0 Å². The molecule has 0 aliphatic rings. The van der Waals surface area contributed by atoms with Crippen LogP contribution in [0.1, 0.15) is 21.7 Å². The van der Waals surface area contributed by atoms with Crippen LogP contribution in [0.3, 0.4) is 0 Å². The molecule has 0 aromatic carbocycles. The summed E-state index contributed by atoms with van der Waals surface area (Å²) in [6.07, 6.45) is 0.672. The van der Waals surface area contributed by atoms with Crippen LogP contribution in [0.15, 0.2) is 0 Å². The van der Waals surface area contributed by atoms with Crippen LogP contribution in [-0.4, -0.2) is 16.4 Å². The molecule has 0 bridgehead atoms. The summed E-state index contributed by atoms with van der Waals surface area (Å²) in [4.78, 5) is 16.4. The van der Waals surface area contributed by atoms with E-state index in [1.54, 1.807) is 0 Å². The minimum atomic E-state index is -4.22. The zero-order valence-electron chi connectivity index (χ0n) is 8.15. The predicted octanol–water partition coefficient (Wildman–Crippen LogP) is -1.74. The molecule has 11 heavy (non-hydrogen) atoms. The monoisotopic (exact) mass is 208 g/mol. The average molecular weight is 208 g/mol. The minimum Gasteiger partial charge on any atom is -1.00 e. The summed E-state index contributed by atoms with van der Waals surface area (Å²) in [5.74, 6) is 0.409. The molecule has 0 aromatic rings. The first-order valence-electron chi connectivity index (χ1n) is 3.12. The topological polar surface area (TPSA) is 66.8 Å². The van der Waals surface area contributed by atoms with Crippen molar-refractivity contribution in [1.82, 2.24) is 0 Å². The van der Waals surface area contributed by atoms with E-state index in [2.05, 4.69) is 4.52 Å². The van der Waals surface area contributed by atoms with Crippen molar-refractivity contribution in [2.75, 3.05) is 6.61 Å². The number of phosphoric ester groups is 1. The molecule has 0 rings (SSSR count). The van der Waals surface area contributed by atoms with Gasteiger partial charge in [0.25, 0.3) is 0 Å². The van der Waals surface area contributed by atoms with Crippen molar-refractivity contribution in [1.29, 1.82) is 0 Å². The van der Waals surface area contributed by atoms with Gasteiger partial charge >= 0.3 is 59.2 Å². The summed E-state index contributed by atoms with van der Waals surface area (Å²) in [7, 11) is -4.22. The average Bonchev–Trinajstić information content (AvgIpc) is 1.59. The number of phosphoric acid groups is 1. The Labute approximate surface area is 111 Å². The fourth-order valence-corrected chi connectivity index (χ4v) is 0.751. The third-order valence-corrected chi connectivity index (χ3v) is 1.47. The van der Waals surface area contributed by atoms with E-state index in [0.717, 1.165) is 0 Å². The predicted molar refractivity (Wildman–Crippen MR) is 38.6 cm³/mol. The summed E-state index contributed by atoms with van der Waals surface area (Å²) in [5, 5.41) is 0. The second-order valence-corrected chi connectivity index (χ2v) is 3.75. The zero-order valence-corrected chi connectivity index (χ0v) is 11.2. The molecule has 0 heterocycles. The molecule has 64 valence electrons. The molecule has 0 aliphatic heterocycles. The molecule has 0 atom stereocenters. The Hall–Kier alpha value is 1.75. The van der Waals surface area contributed by atoms with Gasteiger partial charge in [0.2, 0.25) is 0 Å². The van der Waals surface area contributed by atoms with Crippen LogP contribution < -0.4 is 51.4 Å². The van der Waals surface area contributed by atoms with Gasteiger partial charge in [0.15, 0.2) is 0 Å². The van der Waals surface area contributed by atoms with Crippen molar-refractivity contribution in [3.8, 4) is 0 Å². The molecule has 0 aliphatic carbocycles. The molecular weight excluding hydrogens is 194 g/mol. The maximum atomic E-state index is 10.1. The van der Waals surface area contributed by atoms with Crippen molar-refractivity contribution in [3.05, 3.63) is 0 Å². The van der Waals surface area contributed by atoms with Crippen molar-refractivity contribution < 1.29 is 71.7 Å². The van der Waals surface area contributed by atoms with Gasteiger partial charge in [-0.2, -0.15) is 0 Å². The summed E-state index contributed by atoms with van der Waals surface area (Å²) >= 11 is 0. The van der Waals surface area contributed by atoms with Crippen LogP contribution in [0.25, 0.3) is 0 Å². The minimum absolute atomic E-state index is 0. The molecule has 4 nitrogen and oxygen atoms in total. The Bertz CT molecular complexity index is 137. The third kappa shape index (κ3) is 14.6. The smallest absolute Gasteiger partial charge is 1.00 e. The molecule has 0 unspecified atom stereocenters. The maximum Gasteiger partial charge on any atom is 1.00 e. The van der Waals surface area contributed by atoms with Crippen molar-refractivity contribution in [3.63, 3.8) is 0 Å². The van der Waals surface area contributed by atoms with Gasteiger partial charge in [-0.05, 0) is 12.3 Å². The van der Waals surface area contributed by atoms with Crippen LogP contribution in [0, 0.1) is 5.92 Å². The Morgan fingerprint density at radius 3 is 2.27 bits per heavy atom. The van der Waals surface area contributed by atoms with E-state index < -0.39 is 7.82 Å². The first-order valence-corrected chi connectivity index (χ1v) is 4.65. The van der Waals surface area contributed by atoms with E-state index in [1.165, 1.54) is 0 Å². The van der Waals surface area contributed by atoms with Gasteiger partial charge in [-0.25, -0.2) is 4.57 Å². The van der Waals surface area contributed by atoms with Crippen LogP contribution in [0.4, 0.5) is 0 Å². The van der Waals surface area contributed by atoms with Gasteiger partial charge in [-0.1, -0.05) is 13.8 Å². The summed E-state index contributed by atoms with van der Waals surface area (Å²) < 4.78 is 14.3. The van der Waals surface area contributed by atoms with Crippen LogP contribution in [0.2, 0.25) is 0 Å². The maximum absolute atomic E-state index is 10.1. The van der Waals surface area contributed by atoms with E-state index in [0.29, 0.717) is 12.3 Å². The number of hydrogen-bond donors (Lipinski definition) is 2. The molecule has 6 heteroatoms. The van der Waals surface area contributed by atoms with E-state index in [4.69, 9.17) is 9.79 Å². The number of hydrogen-bond acceptors (Lipinski definition) is 2. The molecule has 0 aromatic heterocycles. The van der Waals surface area contributed by atoms with Crippen LogP contribution in [0.5, 0.6) is 0 Å². The van der Waals surface area contributed by atoms with Gasteiger partial charge in [0, 0.05) is 0 Å². The van der Waals surface area contributed by atoms with Crippen molar-refractivity contribution in [2.45, 2.75) is 20.3 Å². The van der Waals surface area contributed by atoms with E-state index in [-0.39, 0.29) is 59.4 Å². The van der Waals surface area contributed by atoms with Gasteiger partial charge in [-0.3, -0.25) is 4.52 Å². The molecule has 0 radical (unpaired) electrons. The van der Waals surface area contributed by atoms with Gasteiger partial charge in [-0.15, -0.1) is 0 Å². The second-order valence-electron chi connectivity index (χ2n) is 2.51. The van der Waals surface area contributed by atoms with Gasteiger partial charge in [0.05, 0.1) is 6.61 Å². The summed E-state index contributed by atoms with van der Waals surface area (Å²) in [6.45, 7) is 4.05. The Kier molecular flexibility index (Phi) is 9.94. The molecule has 0 amide bonds. The molecule has 2 N–H and O–H groups in total. The largest absolute Gasteiger partial charge is 1.00 e. The molecule has 0 saturated heterocycles. The third-order valence-electron chi connectivity index (χ3n) is 0.955. The summed E-state index contributed by atoms with van der Waals surface area (Å²) in [6, 6.07) is 0. The molecule has 0 spiro atoms. The van der Waals surface area contributed by atoms with Crippen molar-refractivity contribution in [2.24, 2.45) is 5.92 Å². The van der Waals surface area contributed by atoms with Crippen LogP contribution >= 0.6 is 7.82 Å². The zero-order chi connectivity index (χ0) is 8.20. The van der Waals surface area contributed by atoms with Gasteiger partial charge in [0.1, 0.15) is 0 Å². The fourth-order valence-electron chi connectivity index (χ4n) is 0.407. The first kappa shape index (κ1) is 15.2. The quantitative estimate of drug-likeness (QED) is 0.425. The molecule has 0 saturated carbocycles. The van der Waals surface area contributed by atoms with E-state index in [1.807, 2.05) is 13.8 Å². The first-order chi connectivity index (χ1) is 4.42. The molecular formula is C5H14KO4P. The normalized spacial score (nSPS) is 11.4.